The van der Waals surface area contributed by atoms with E-state index in [-0.39, 0.29) is 5.41 Å². The van der Waals surface area contributed by atoms with Crippen LogP contribution >= 0.6 is 0 Å². The fourth-order valence-corrected chi connectivity index (χ4v) is 10.8. The van der Waals surface area contributed by atoms with Crippen LogP contribution in [0.15, 0.2) is 205 Å². The summed E-state index contributed by atoms with van der Waals surface area (Å²) in [5.41, 5.74) is 12.4. The van der Waals surface area contributed by atoms with Gasteiger partial charge in [-0.2, -0.15) is 0 Å². The van der Waals surface area contributed by atoms with Crippen molar-refractivity contribution in [1.29, 1.82) is 0 Å². The average Bonchev–Trinajstić information content (AvgIpc) is 3.80. The Labute approximate surface area is 353 Å². The molecule has 0 atom stereocenters. The maximum Gasteiger partial charge on any atom is 0.159 e. The molecule has 2 heteroatoms. The highest BCUT2D eigenvalue weighted by atomic mass is 16.3. The highest BCUT2D eigenvalue weighted by Gasteiger charge is 2.36. The lowest BCUT2D eigenvalue weighted by Gasteiger charge is -2.28. The lowest BCUT2D eigenvalue weighted by Crippen LogP contribution is -2.16. The summed E-state index contributed by atoms with van der Waals surface area (Å²) in [4.78, 5) is 2.44. The summed E-state index contributed by atoms with van der Waals surface area (Å²) in [5.74, 6) is 0. The lowest BCUT2D eigenvalue weighted by atomic mass is 9.82. The number of nitrogens with zero attached hydrogens (tertiary/aromatic N) is 1. The molecule has 1 aliphatic rings. The number of para-hydroxylation sites is 1. The Kier molecular flexibility index (Phi) is 7.10. The van der Waals surface area contributed by atoms with Gasteiger partial charge in [0.1, 0.15) is 5.58 Å². The van der Waals surface area contributed by atoms with Crippen LogP contribution in [0.25, 0.3) is 98.1 Å². The van der Waals surface area contributed by atoms with Crippen LogP contribution in [0.3, 0.4) is 0 Å². The summed E-state index contributed by atoms with van der Waals surface area (Å²) in [6.45, 7) is 4.72. The molecule has 1 heterocycles. The molecule has 1 aromatic heterocycles. The summed E-state index contributed by atoms with van der Waals surface area (Å²) in [6.07, 6.45) is 0. The number of anilines is 3. The van der Waals surface area contributed by atoms with E-state index >= 15 is 0 Å². The monoisotopic (exact) mass is 777 g/mol. The quantitative estimate of drug-likeness (QED) is 0.166. The van der Waals surface area contributed by atoms with Gasteiger partial charge in [0.25, 0.3) is 0 Å². The molecule has 0 radical (unpaired) electrons. The smallest absolute Gasteiger partial charge is 0.159 e. The number of rotatable bonds is 4. The van der Waals surface area contributed by atoms with Gasteiger partial charge in [0, 0.05) is 33.1 Å². The summed E-state index contributed by atoms with van der Waals surface area (Å²) in [6, 6.07) is 73.6. The molecule has 0 amide bonds. The van der Waals surface area contributed by atoms with Crippen LogP contribution < -0.4 is 4.90 Å². The Hall–Kier alpha value is -7.68. The molecule has 0 saturated heterocycles. The first-order chi connectivity index (χ1) is 30.0. The van der Waals surface area contributed by atoms with Crippen LogP contribution in [-0.2, 0) is 5.41 Å². The normalized spacial score (nSPS) is 13.2. The molecule has 0 N–H and O–H groups in total. The average molecular weight is 778 g/mol. The van der Waals surface area contributed by atoms with Gasteiger partial charge in [0.15, 0.2) is 5.58 Å². The molecular weight excluding hydrogens is 739 g/mol. The minimum atomic E-state index is -0.162. The Balaban J connectivity index is 1.12. The predicted molar refractivity (Wildman–Crippen MR) is 259 cm³/mol. The number of fused-ring (bicyclic) bond motifs is 14. The first-order valence-corrected chi connectivity index (χ1v) is 21.3. The van der Waals surface area contributed by atoms with E-state index < -0.39 is 0 Å². The van der Waals surface area contributed by atoms with Crippen LogP contribution in [0.4, 0.5) is 17.1 Å². The molecule has 0 saturated carbocycles. The molecule has 0 unspecified atom stereocenters. The highest BCUT2D eigenvalue weighted by Crippen LogP contribution is 2.52. The highest BCUT2D eigenvalue weighted by molar-refractivity contribution is 6.26. The molecule has 11 aromatic carbocycles. The van der Waals surface area contributed by atoms with Crippen molar-refractivity contribution in [1.82, 2.24) is 0 Å². The fourth-order valence-electron chi connectivity index (χ4n) is 10.8. The molecule has 286 valence electrons. The largest absolute Gasteiger partial charge is 0.453 e. The molecule has 0 fully saturated rings. The second kappa shape index (κ2) is 12.7. The summed E-state index contributed by atoms with van der Waals surface area (Å²) >= 11 is 0. The zero-order valence-electron chi connectivity index (χ0n) is 33.9. The molecule has 0 spiro atoms. The van der Waals surface area contributed by atoms with Crippen molar-refractivity contribution >= 4 is 92.9 Å². The van der Waals surface area contributed by atoms with Crippen molar-refractivity contribution in [3.05, 3.63) is 211 Å². The Bertz CT molecular complexity index is 3770. The van der Waals surface area contributed by atoms with E-state index in [1.165, 1.54) is 81.7 Å². The van der Waals surface area contributed by atoms with E-state index in [2.05, 4.69) is 219 Å². The third-order valence-corrected chi connectivity index (χ3v) is 13.6. The van der Waals surface area contributed by atoms with E-state index in [0.717, 1.165) is 44.6 Å². The molecule has 13 rings (SSSR count). The van der Waals surface area contributed by atoms with Crippen LogP contribution in [0.2, 0.25) is 0 Å². The van der Waals surface area contributed by atoms with E-state index in [9.17, 15) is 0 Å². The molecule has 0 aliphatic heterocycles. The van der Waals surface area contributed by atoms with Crippen molar-refractivity contribution in [2.75, 3.05) is 4.90 Å². The first-order valence-electron chi connectivity index (χ1n) is 21.3. The van der Waals surface area contributed by atoms with E-state index in [0.29, 0.717) is 0 Å². The summed E-state index contributed by atoms with van der Waals surface area (Å²) < 4.78 is 7.41. The van der Waals surface area contributed by atoms with Gasteiger partial charge in [0.05, 0.1) is 5.69 Å². The van der Waals surface area contributed by atoms with Crippen molar-refractivity contribution in [3.8, 4) is 22.3 Å². The Morgan fingerprint density at radius 1 is 0.344 bits per heavy atom. The van der Waals surface area contributed by atoms with Crippen LogP contribution in [-0.4, -0.2) is 0 Å². The number of hydrogen-bond acceptors (Lipinski definition) is 2. The maximum absolute atomic E-state index is 7.41. The SMILES string of the molecule is CC1(C)c2ccccc2-c2ccc(N(c3ccc4c5ccccc5c5ccccc5c4c3)c3cccc4c3oc3c(-c5cccc6ccccc56)c5ccccc5cc34)cc21. The van der Waals surface area contributed by atoms with Crippen molar-refractivity contribution in [2.45, 2.75) is 19.3 Å². The summed E-state index contributed by atoms with van der Waals surface area (Å²) in [7, 11) is 0. The molecule has 12 aromatic rings. The first kappa shape index (κ1) is 34.2. The van der Waals surface area contributed by atoms with Crippen molar-refractivity contribution < 1.29 is 4.42 Å². The number of furan rings is 1. The lowest BCUT2D eigenvalue weighted by molar-refractivity contribution is 0.660. The van der Waals surface area contributed by atoms with Gasteiger partial charge in [-0.15, -0.1) is 0 Å². The van der Waals surface area contributed by atoms with Crippen molar-refractivity contribution in [3.63, 3.8) is 0 Å². The zero-order chi connectivity index (χ0) is 40.4. The third kappa shape index (κ3) is 4.85. The fraction of sp³-hybridized carbons (Fsp3) is 0.0508. The van der Waals surface area contributed by atoms with Crippen LogP contribution in [0.5, 0.6) is 0 Å². The van der Waals surface area contributed by atoms with E-state index in [1.807, 2.05) is 0 Å². The van der Waals surface area contributed by atoms with Gasteiger partial charge in [-0.1, -0.05) is 178 Å². The van der Waals surface area contributed by atoms with Crippen LogP contribution in [0, 0.1) is 0 Å². The van der Waals surface area contributed by atoms with Gasteiger partial charge >= 0.3 is 0 Å². The number of hydrogen-bond donors (Lipinski definition) is 0. The molecule has 61 heavy (non-hydrogen) atoms. The second-order valence-corrected chi connectivity index (χ2v) is 17.2. The molecular formula is C59H39NO. The standard InChI is InChI=1S/C59H39NO/c1-59(2)53-27-12-11-24-47(53)48-32-30-39(35-54(48)59)60(38-29-31-46-44-22-8-7-20-42(44)43-21-9-10-23-45(43)51(46)34-38)55-28-14-26-50-52-33-37-16-4-6-19-41(37)56(58(52)61-57(50)55)49-25-13-17-36-15-3-5-18-40(36)49/h3-35H,1-2H3. The molecule has 2 nitrogen and oxygen atoms in total. The van der Waals surface area contributed by atoms with Gasteiger partial charge in [-0.3, -0.25) is 0 Å². The summed E-state index contributed by atoms with van der Waals surface area (Å²) in [5, 5.41) is 14.5. The zero-order valence-corrected chi connectivity index (χ0v) is 33.9. The third-order valence-electron chi connectivity index (χ3n) is 13.6. The second-order valence-electron chi connectivity index (χ2n) is 17.2. The van der Waals surface area contributed by atoms with Gasteiger partial charge < -0.3 is 9.32 Å². The molecule has 1 aliphatic carbocycles. The van der Waals surface area contributed by atoms with Crippen molar-refractivity contribution in [2.24, 2.45) is 0 Å². The minimum absolute atomic E-state index is 0.162. The van der Waals surface area contributed by atoms with E-state index in [4.69, 9.17) is 4.42 Å². The number of benzene rings is 11. The van der Waals surface area contributed by atoms with Gasteiger partial charge in [0.2, 0.25) is 0 Å². The van der Waals surface area contributed by atoms with Crippen LogP contribution in [0.1, 0.15) is 25.0 Å². The Morgan fingerprint density at radius 2 is 0.885 bits per heavy atom. The minimum Gasteiger partial charge on any atom is -0.453 e. The predicted octanol–water partition coefficient (Wildman–Crippen LogP) is 16.8. The van der Waals surface area contributed by atoms with Gasteiger partial charge in [-0.05, 0) is 118 Å². The molecule has 0 bridgehead atoms. The Morgan fingerprint density at radius 3 is 1.67 bits per heavy atom. The van der Waals surface area contributed by atoms with E-state index in [1.54, 1.807) is 0 Å². The maximum atomic E-state index is 7.41. The van der Waals surface area contributed by atoms with Gasteiger partial charge in [-0.25, -0.2) is 0 Å². The topological polar surface area (TPSA) is 16.4 Å².